The van der Waals surface area contributed by atoms with Gasteiger partial charge in [0.25, 0.3) is 0 Å². The highest BCUT2D eigenvalue weighted by Crippen LogP contribution is 2.28. The van der Waals surface area contributed by atoms with Crippen LogP contribution < -0.4 is 0 Å². The van der Waals surface area contributed by atoms with Gasteiger partial charge < -0.3 is 0 Å². The molecule has 1 aliphatic rings. The zero-order valence-corrected chi connectivity index (χ0v) is 8.47. The van der Waals surface area contributed by atoms with Crippen molar-refractivity contribution in [2.45, 2.75) is 12.8 Å². The van der Waals surface area contributed by atoms with Crippen LogP contribution in [0.25, 0.3) is 10.1 Å². The van der Waals surface area contributed by atoms with Crippen LogP contribution in [-0.2, 0) is 0 Å². The molecule has 0 aliphatic heterocycles. The maximum atomic E-state index is 4.31. The van der Waals surface area contributed by atoms with E-state index < -0.39 is 0 Å². The third kappa shape index (κ3) is 1.40. The molecule has 0 amide bonds. The molecule has 2 aromatic heterocycles. The summed E-state index contributed by atoms with van der Waals surface area (Å²) in [5.41, 5.74) is 0.940. The minimum atomic E-state index is 0.644. The normalized spacial score (nSPS) is 15.1. The van der Waals surface area contributed by atoms with E-state index in [-0.39, 0.29) is 0 Å². The summed E-state index contributed by atoms with van der Waals surface area (Å²) in [5, 5.41) is 3.29. The SMILES string of the molecule is C(#CC1CC1)c1nccc2sccc12. The first-order valence-electron chi connectivity index (χ1n) is 4.77. The Morgan fingerprint density at radius 2 is 2.29 bits per heavy atom. The fourth-order valence-corrected chi connectivity index (χ4v) is 2.17. The fraction of sp³-hybridized carbons (Fsp3) is 0.250. The zero-order valence-electron chi connectivity index (χ0n) is 7.66. The Kier molecular flexibility index (Phi) is 1.78. The van der Waals surface area contributed by atoms with Crippen LogP contribution in [0.3, 0.4) is 0 Å². The monoisotopic (exact) mass is 199 g/mol. The van der Waals surface area contributed by atoms with E-state index in [0.717, 1.165) is 5.69 Å². The highest BCUT2D eigenvalue weighted by Gasteiger charge is 2.17. The molecule has 0 bridgehead atoms. The average molecular weight is 199 g/mol. The Labute approximate surface area is 86.8 Å². The summed E-state index contributed by atoms with van der Waals surface area (Å²) in [4.78, 5) is 4.31. The lowest BCUT2D eigenvalue weighted by atomic mass is 10.2. The molecule has 2 heteroatoms. The van der Waals surface area contributed by atoms with Crippen LogP contribution in [0.15, 0.2) is 23.7 Å². The highest BCUT2D eigenvalue weighted by molar-refractivity contribution is 7.17. The van der Waals surface area contributed by atoms with Gasteiger partial charge in [0.2, 0.25) is 0 Å². The van der Waals surface area contributed by atoms with Gasteiger partial charge in [-0.2, -0.15) is 0 Å². The summed E-state index contributed by atoms with van der Waals surface area (Å²) in [5.74, 6) is 7.07. The quantitative estimate of drug-likeness (QED) is 0.594. The third-order valence-electron chi connectivity index (χ3n) is 2.35. The molecule has 1 saturated carbocycles. The van der Waals surface area contributed by atoms with Crippen LogP contribution in [-0.4, -0.2) is 4.98 Å². The molecule has 0 radical (unpaired) electrons. The van der Waals surface area contributed by atoms with Gasteiger partial charge in [-0.05, 0) is 36.3 Å². The molecule has 0 aromatic carbocycles. The zero-order chi connectivity index (χ0) is 9.38. The van der Waals surface area contributed by atoms with Crippen molar-refractivity contribution in [3.63, 3.8) is 0 Å². The number of thiophene rings is 1. The van der Waals surface area contributed by atoms with Crippen molar-refractivity contribution in [1.82, 2.24) is 4.98 Å². The minimum Gasteiger partial charge on any atom is -0.247 e. The number of aromatic nitrogens is 1. The molecule has 0 unspecified atom stereocenters. The van der Waals surface area contributed by atoms with Gasteiger partial charge in [-0.3, -0.25) is 0 Å². The lowest BCUT2D eigenvalue weighted by molar-refractivity contribution is 1.18. The highest BCUT2D eigenvalue weighted by atomic mass is 32.1. The molecule has 68 valence electrons. The van der Waals surface area contributed by atoms with Crippen LogP contribution in [0.4, 0.5) is 0 Å². The van der Waals surface area contributed by atoms with Gasteiger partial charge in [-0.15, -0.1) is 11.3 Å². The molecule has 2 aromatic rings. The Hall–Kier alpha value is -1.33. The number of hydrogen-bond acceptors (Lipinski definition) is 2. The van der Waals surface area contributed by atoms with Gasteiger partial charge in [-0.25, -0.2) is 4.98 Å². The minimum absolute atomic E-state index is 0.644. The second kappa shape index (κ2) is 3.11. The van der Waals surface area contributed by atoms with Crippen LogP contribution in [0.2, 0.25) is 0 Å². The Morgan fingerprint density at radius 1 is 1.36 bits per heavy atom. The van der Waals surface area contributed by atoms with Crippen molar-refractivity contribution < 1.29 is 0 Å². The predicted molar refractivity (Wildman–Crippen MR) is 59.2 cm³/mol. The summed E-state index contributed by atoms with van der Waals surface area (Å²) < 4.78 is 1.28. The van der Waals surface area contributed by atoms with Crippen LogP contribution in [0.5, 0.6) is 0 Å². The van der Waals surface area contributed by atoms with E-state index in [2.05, 4.69) is 28.3 Å². The molecule has 1 aliphatic carbocycles. The Balaban J connectivity index is 2.11. The summed E-state index contributed by atoms with van der Waals surface area (Å²) in [6.07, 6.45) is 4.38. The molecule has 0 saturated heterocycles. The van der Waals surface area contributed by atoms with Crippen molar-refractivity contribution in [3.8, 4) is 11.8 Å². The second-order valence-electron chi connectivity index (χ2n) is 3.54. The van der Waals surface area contributed by atoms with Crippen molar-refractivity contribution in [3.05, 3.63) is 29.4 Å². The summed E-state index contributed by atoms with van der Waals surface area (Å²) in [6.45, 7) is 0. The number of nitrogens with zero attached hydrogens (tertiary/aromatic N) is 1. The molecule has 1 fully saturated rings. The summed E-state index contributed by atoms with van der Waals surface area (Å²) in [7, 11) is 0. The molecule has 0 spiro atoms. The molecule has 2 heterocycles. The standard InChI is InChI=1S/C12H9NS/c1-2-9(1)3-4-11-10-6-8-14-12(10)5-7-13-11/h5-9H,1-2H2. The summed E-state index contributed by atoms with van der Waals surface area (Å²) in [6, 6.07) is 4.15. The van der Waals surface area contributed by atoms with E-state index in [9.17, 15) is 0 Å². The molecule has 1 nitrogen and oxygen atoms in total. The smallest absolute Gasteiger partial charge is 0.121 e. The van der Waals surface area contributed by atoms with Gasteiger partial charge in [0, 0.05) is 22.2 Å². The number of fused-ring (bicyclic) bond motifs is 1. The average Bonchev–Trinajstić information content (AvgIpc) is 2.91. The lowest BCUT2D eigenvalue weighted by Crippen LogP contribution is -1.81. The van der Waals surface area contributed by atoms with E-state index in [4.69, 9.17) is 0 Å². The molecule has 0 atom stereocenters. The predicted octanol–water partition coefficient (Wildman–Crippen LogP) is 3.06. The van der Waals surface area contributed by atoms with Gasteiger partial charge in [0.1, 0.15) is 5.69 Å². The van der Waals surface area contributed by atoms with Gasteiger partial charge in [-0.1, -0.05) is 5.92 Å². The van der Waals surface area contributed by atoms with Crippen molar-refractivity contribution in [2.75, 3.05) is 0 Å². The molecule has 14 heavy (non-hydrogen) atoms. The Bertz CT molecular complexity index is 526. The van der Waals surface area contributed by atoms with Crippen molar-refractivity contribution >= 4 is 21.4 Å². The van der Waals surface area contributed by atoms with Crippen LogP contribution >= 0.6 is 11.3 Å². The van der Waals surface area contributed by atoms with Crippen LogP contribution in [0, 0.1) is 17.8 Å². The van der Waals surface area contributed by atoms with E-state index >= 15 is 0 Å². The topological polar surface area (TPSA) is 12.9 Å². The third-order valence-corrected chi connectivity index (χ3v) is 3.23. The first-order chi connectivity index (χ1) is 6.93. The van der Waals surface area contributed by atoms with E-state index in [0.29, 0.717) is 5.92 Å². The molecule has 3 rings (SSSR count). The Morgan fingerprint density at radius 3 is 3.14 bits per heavy atom. The maximum absolute atomic E-state index is 4.31. The fourth-order valence-electron chi connectivity index (χ4n) is 1.39. The first kappa shape index (κ1) is 8.02. The second-order valence-corrected chi connectivity index (χ2v) is 4.48. The molecule has 0 N–H and O–H groups in total. The van der Waals surface area contributed by atoms with Crippen molar-refractivity contribution in [1.29, 1.82) is 0 Å². The molecular weight excluding hydrogens is 190 g/mol. The number of pyridine rings is 1. The van der Waals surface area contributed by atoms with Gasteiger partial charge in [0.15, 0.2) is 0 Å². The van der Waals surface area contributed by atoms with E-state index in [1.807, 2.05) is 12.3 Å². The van der Waals surface area contributed by atoms with Gasteiger partial charge >= 0.3 is 0 Å². The largest absolute Gasteiger partial charge is 0.247 e. The van der Waals surface area contributed by atoms with Crippen LogP contribution in [0.1, 0.15) is 18.5 Å². The van der Waals surface area contributed by atoms with Crippen molar-refractivity contribution in [2.24, 2.45) is 5.92 Å². The first-order valence-corrected chi connectivity index (χ1v) is 5.65. The number of hydrogen-bond donors (Lipinski definition) is 0. The van der Waals surface area contributed by atoms with E-state index in [1.54, 1.807) is 11.3 Å². The summed E-state index contributed by atoms with van der Waals surface area (Å²) >= 11 is 1.74. The number of rotatable bonds is 0. The maximum Gasteiger partial charge on any atom is 0.121 e. The lowest BCUT2D eigenvalue weighted by Gasteiger charge is -1.91. The van der Waals surface area contributed by atoms with E-state index in [1.165, 1.54) is 22.9 Å². The molecular formula is C12H9NS. The van der Waals surface area contributed by atoms with Gasteiger partial charge in [0.05, 0.1) is 0 Å².